The van der Waals surface area contributed by atoms with E-state index in [-0.39, 0.29) is 11.8 Å². The molecule has 2 aliphatic rings. The fourth-order valence-electron chi connectivity index (χ4n) is 3.12. The van der Waals surface area contributed by atoms with Crippen LogP contribution in [0.25, 0.3) is 0 Å². The van der Waals surface area contributed by atoms with E-state index in [9.17, 15) is 4.79 Å². The zero-order valence-corrected chi connectivity index (χ0v) is 7.97. The molecule has 2 aliphatic carbocycles. The number of hydrogen-bond donors (Lipinski definition) is 2. The van der Waals surface area contributed by atoms with Crippen molar-refractivity contribution >= 4 is 18.5 Å². The van der Waals surface area contributed by atoms with Crippen LogP contribution in [0.1, 0.15) is 19.3 Å². The second-order valence-electron chi connectivity index (χ2n) is 4.11. The van der Waals surface area contributed by atoms with E-state index >= 15 is 0 Å². The van der Waals surface area contributed by atoms with Crippen molar-refractivity contribution in [3.63, 3.8) is 0 Å². The molecular weight excluding hydrogens is 170 g/mol. The highest BCUT2D eigenvalue weighted by Gasteiger charge is 2.49. The van der Waals surface area contributed by atoms with E-state index in [0.717, 1.165) is 11.7 Å². The van der Waals surface area contributed by atoms with Crippen LogP contribution in [0.3, 0.4) is 0 Å². The number of fused-ring (bicyclic) bond motifs is 2. The minimum atomic E-state index is -0.0961. The highest BCUT2D eigenvalue weighted by Crippen LogP contribution is 2.52. The van der Waals surface area contributed by atoms with Gasteiger partial charge in [0.05, 0.1) is 0 Å². The van der Waals surface area contributed by atoms with E-state index in [0.29, 0.717) is 11.8 Å². The first-order chi connectivity index (χ1) is 5.74. The topological polar surface area (TPSA) is 43.1 Å². The molecule has 0 aromatic rings. The number of hydrogen-bond acceptors (Lipinski definition) is 2. The number of thiol groups is 1. The number of carbonyl (C=O) groups excluding carboxylic acids is 1. The maximum absolute atomic E-state index is 11.1. The highest BCUT2D eigenvalue weighted by molar-refractivity contribution is 7.80. The van der Waals surface area contributed by atoms with Crippen molar-refractivity contribution in [1.29, 1.82) is 0 Å². The maximum atomic E-state index is 11.1. The van der Waals surface area contributed by atoms with Gasteiger partial charge >= 0.3 is 0 Å². The van der Waals surface area contributed by atoms with Gasteiger partial charge in [-0.1, -0.05) is 0 Å². The van der Waals surface area contributed by atoms with Crippen LogP contribution in [0.4, 0.5) is 0 Å². The number of rotatable bonds is 2. The summed E-state index contributed by atoms with van der Waals surface area (Å²) in [5.41, 5.74) is 5.38. The van der Waals surface area contributed by atoms with Crippen LogP contribution in [-0.4, -0.2) is 11.7 Å². The van der Waals surface area contributed by atoms with Crippen LogP contribution in [0.5, 0.6) is 0 Å². The molecule has 2 N–H and O–H groups in total. The minimum absolute atomic E-state index is 0.0961. The molecule has 0 radical (unpaired) electrons. The van der Waals surface area contributed by atoms with Crippen molar-refractivity contribution in [3.05, 3.63) is 0 Å². The molecule has 4 atom stereocenters. The van der Waals surface area contributed by atoms with Gasteiger partial charge in [0.1, 0.15) is 0 Å². The molecule has 3 heteroatoms. The van der Waals surface area contributed by atoms with Gasteiger partial charge in [-0.2, -0.15) is 12.6 Å². The fraction of sp³-hybridized carbons (Fsp3) is 0.889. The summed E-state index contributed by atoms with van der Waals surface area (Å²) in [5.74, 6) is 2.68. The SMILES string of the molecule is NC(=O)C1C2CCC(C2)C1CS. The molecule has 2 nitrogen and oxygen atoms in total. The molecule has 68 valence electrons. The third-order valence-corrected chi connectivity index (χ3v) is 4.05. The molecule has 0 aromatic heterocycles. The first-order valence-corrected chi connectivity index (χ1v) is 5.27. The van der Waals surface area contributed by atoms with Crippen LogP contribution >= 0.6 is 12.6 Å². The standard InChI is InChI=1S/C9H15NOS/c10-9(11)8-6-2-1-5(3-6)7(8)4-12/h5-8,12H,1-4H2,(H2,10,11). The molecule has 0 aliphatic heterocycles. The Labute approximate surface area is 78.3 Å². The Morgan fingerprint density at radius 2 is 2.08 bits per heavy atom. The smallest absolute Gasteiger partial charge is 0.221 e. The Morgan fingerprint density at radius 1 is 1.42 bits per heavy atom. The number of carbonyl (C=O) groups is 1. The second kappa shape index (κ2) is 2.95. The quantitative estimate of drug-likeness (QED) is 0.621. The molecular formula is C9H15NOS. The number of amides is 1. The normalized spacial score (nSPS) is 45.1. The van der Waals surface area contributed by atoms with Gasteiger partial charge in [0.15, 0.2) is 0 Å². The van der Waals surface area contributed by atoms with Gasteiger partial charge in [-0.05, 0) is 42.8 Å². The lowest BCUT2D eigenvalue weighted by Crippen LogP contribution is -2.35. The van der Waals surface area contributed by atoms with E-state index in [1.54, 1.807) is 0 Å². The molecule has 0 aromatic carbocycles. The van der Waals surface area contributed by atoms with Crippen LogP contribution < -0.4 is 5.73 Å². The summed E-state index contributed by atoms with van der Waals surface area (Å²) < 4.78 is 0. The first-order valence-electron chi connectivity index (χ1n) is 4.64. The van der Waals surface area contributed by atoms with E-state index in [4.69, 9.17) is 5.73 Å². The first kappa shape index (κ1) is 8.42. The lowest BCUT2D eigenvalue weighted by atomic mass is 9.80. The Kier molecular flexibility index (Phi) is 2.07. The summed E-state index contributed by atoms with van der Waals surface area (Å²) in [6, 6.07) is 0. The lowest BCUT2D eigenvalue weighted by molar-refractivity contribution is -0.124. The maximum Gasteiger partial charge on any atom is 0.221 e. The summed E-state index contributed by atoms with van der Waals surface area (Å²) in [7, 11) is 0. The number of primary amides is 1. The van der Waals surface area contributed by atoms with Gasteiger partial charge < -0.3 is 5.73 Å². The van der Waals surface area contributed by atoms with Crippen LogP contribution in [0.2, 0.25) is 0 Å². The summed E-state index contributed by atoms with van der Waals surface area (Å²) >= 11 is 4.30. The van der Waals surface area contributed by atoms with Crippen molar-refractivity contribution in [1.82, 2.24) is 0 Å². The molecule has 0 spiro atoms. The van der Waals surface area contributed by atoms with E-state index < -0.39 is 0 Å². The highest BCUT2D eigenvalue weighted by atomic mass is 32.1. The van der Waals surface area contributed by atoms with Crippen molar-refractivity contribution in [2.75, 3.05) is 5.75 Å². The van der Waals surface area contributed by atoms with Gasteiger partial charge in [0.25, 0.3) is 0 Å². The Morgan fingerprint density at radius 3 is 2.58 bits per heavy atom. The molecule has 0 saturated heterocycles. The summed E-state index contributed by atoms with van der Waals surface area (Å²) in [6.45, 7) is 0. The van der Waals surface area contributed by atoms with Gasteiger partial charge in [0, 0.05) is 5.92 Å². The molecule has 1 amide bonds. The molecule has 4 unspecified atom stereocenters. The zero-order chi connectivity index (χ0) is 8.72. The molecule has 2 rings (SSSR count). The predicted octanol–water partition coefficient (Wildman–Crippen LogP) is 1.06. The summed E-state index contributed by atoms with van der Waals surface area (Å²) in [6.07, 6.45) is 3.72. The molecule has 0 heterocycles. The lowest BCUT2D eigenvalue weighted by Gasteiger charge is -2.27. The molecule has 12 heavy (non-hydrogen) atoms. The third kappa shape index (κ3) is 1.06. The Hall–Kier alpha value is -0.180. The third-order valence-electron chi connectivity index (χ3n) is 3.63. The fourth-order valence-corrected chi connectivity index (χ4v) is 3.64. The van der Waals surface area contributed by atoms with Gasteiger partial charge in [-0.25, -0.2) is 0 Å². The monoisotopic (exact) mass is 185 g/mol. The van der Waals surface area contributed by atoms with Crippen molar-refractivity contribution < 1.29 is 4.79 Å². The Bertz CT molecular complexity index is 207. The van der Waals surface area contributed by atoms with Crippen molar-refractivity contribution in [2.24, 2.45) is 29.4 Å². The zero-order valence-electron chi connectivity index (χ0n) is 7.07. The van der Waals surface area contributed by atoms with Gasteiger partial charge in [-0.15, -0.1) is 0 Å². The van der Waals surface area contributed by atoms with E-state index in [1.807, 2.05) is 0 Å². The second-order valence-corrected chi connectivity index (χ2v) is 4.47. The van der Waals surface area contributed by atoms with Crippen LogP contribution in [-0.2, 0) is 4.79 Å². The van der Waals surface area contributed by atoms with E-state index in [2.05, 4.69) is 12.6 Å². The molecule has 2 fully saturated rings. The van der Waals surface area contributed by atoms with Crippen molar-refractivity contribution in [2.45, 2.75) is 19.3 Å². The van der Waals surface area contributed by atoms with Crippen LogP contribution in [0, 0.1) is 23.7 Å². The largest absolute Gasteiger partial charge is 0.369 e. The van der Waals surface area contributed by atoms with E-state index in [1.165, 1.54) is 19.3 Å². The predicted molar refractivity (Wildman–Crippen MR) is 50.9 cm³/mol. The van der Waals surface area contributed by atoms with Crippen molar-refractivity contribution in [3.8, 4) is 0 Å². The summed E-state index contributed by atoms with van der Waals surface area (Å²) in [4.78, 5) is 11.1. The van der Waals surface area contributed by atoms with Crippen LogP contribution in [0.15, 0.2) is 0 Å². The minimum Gasteiger partial charge on any atom is -0.369 e. The Balaban J connectivity index is 2.16. The van der Waals surface area contributed by atoms with Gasteiger partial charge in [0.2, 0.25) is 5.91 Å². The molecule has 2 bridgehead atoms. The molecule has 2 saturated carbocycles. The average Bonchev–Trinajstić information content (AvgIpc) is 2.60. The average molecular weight is 185 g/mol. The van der Waals surface area contributed by atoms with Gasteiger partial charge in [-0.3, -0.25) is 4.79 Å². The summed E-state index contributed by atoms with van der Waals surface area (Å²) in [5, 5.41) is 0. The number of nitrogens with two attached hydrogens (primary N) is 1.